The predicted octanol–water partition coefficient (Wildman–Crippen LogP) is 11.7. The highest BCUT2D eigenvalue weighted by molar-refractivity contribution is 6.09. The summed E-state index contributed by atoms with van der Waals surface area (Å²) in [5, 5.41) is 2.20. The van der Waals surface area contributed by atoms with Crippen molar-refractivity contribution in [2.24, 2.45) is 0 Å². The molecule has 5 nitrogen and oxygen atoms in total. The molecule has 4 aromatic carbocycles. The summed E-state index contributed by atoms with van der Waals surface area (Å²) in [6.07, 6.45) is 18.5. The van der Waals surface area contributed by atoms with Gasteiger partial charge in [-0.1, -0.05) is 140 Å². The second-order valence-electron chi connectivity index (χ2n) is 13.7. The van der Waals surface area contributed by atoms with Gasteiger partial charge in [-0.3, -0.25) is 4.40 Å². The molecule has 10 rings (SSSR count). The first-order valence-corrected chi connectivity index (χ1v) is 18.3. The highest BCUT2D eigenvalue weighted by Gasteiger charge is 2.19. The van der Waals surface area contributed by atoms with Crippen molar-refractivity contribution < 1.29 is 0 Å². The average molecular weight is 682 g/mol. The largest absolute Gasteiger partial charge is 0.284 e. The molecular formula is C48H35N5. The van der Waals surface area contributed by atoms with Gasteiger partial charge >= 0.3 is 0 Å². The molecule has 53 heavy (non-hydrogen) atoms. The zero-order valence-electron chi connectivity index (χ0n) is 29.1. The number of hydrogen-bond acceptors (Lipinski definition) is 4. The maximum Gasteiger partial charge on any atom is 0.165 e. The van der Waals surface area contributed by atoms with E-state index in [0.717, 1.165) is 97.6 Å². The van der Waals surface area contributed by atoms with Crippen molar-refractivity contribution in [3.63, 3.8) is 0 Å². The molecule has 4 heterocycles. The molecule has 0 bridgehead atoms. The van der Waals surface area contributed by atoms with Gasteiger partial charge in [0.05, 0.1) is 17.1 Å². The van der Waals surface area contributed by atoms with Crippen LogP contribution in [0.4, 0.5) is 0 Å². The zero-order valence-corrected chi connectivity index (χ0v) is 29.1. The SMILES string of the molecule is C1=CC(c2cc(-c3cccc(-c4ccc(-c5nc6c(nc7ccccn76)c6ccccc56)cc4)c3)nc(C3C=CC(c4ccccc4)=CC3)n2)=CCC1. The van der Waals surface area contributed by atoms with Crippen molar-refractivity contribution in [3.8, 4) is 33.6 Å². The quantitative estimate of drug-likeness (QED) is 0.175. The van der Waals surface area contributed by atoms with Crippen molar-refractivity contribution in [3.05, 3.63) is 187 Å². The first-order chi connectivity index (χ1) is 26.2. The lowest BCUT2D eigenvalue weighted by atomic mass is 9.92. The van der Waals surface area contributed by atoms with E-state index in [9.17, 15) is 0 Å². The molecule has 5 heteroatoms. The molecule has 1 atom stereocenters. The third-order valence-electron chi connectivity index (χ3n) is 10.4. The molecular weight excluding hydrogens is 647 g/mol. The Balaban J connectivity index is 1.00. The van der Waals surface area contributed by atoms with Crippen molar-refractivity contribution in [2.75, 3.05) is 0 Å². The topological polar surface area (TPSA) is 56.0 Å². The van der Waals surface area contributed by atoms with E-state index in [2.05, 4.69) is 150 Å². The minimum Gasteiger partial charge on any atom is -0.284 e. The van der Waals surface area contributed by atoms with Crippen LogP contribution in [0.25, 0.3) is 72.4 Å². The number of imidazole rings is 1. The summed E-state index contributed by atoms with van der Waals surface area (Å²) in [5.74, 6) is 0.962. The Kier molecular flexibility index (Phi) is 7.68. The lowest BCUT2D eigenvalue weighted by Crippen LogP contribution is -2.07. The molecule has 0 radical (unpaired) electrons. The first kappa shape index (κ1) is 31.1. The van der Waals surface area contributed by atoms with E-state index in [1.807, 2.05) is 24.4 Å². The van der Waals surface area contributed by atoms with Gasteiger partial charge in [-0.2, -0.15) is 0 Å². The Hall–Kier alpha value is -6.72. The molecule has 1 unspecified atom stereocenters. The molecule has 0 N–H and O–H groups in total. The summed E-state index contributed by atoms with van der Waals surface area (Å²) in [5.41, 5.74) is 13.6. The van der Waals surface area contributed by atoms with Gasteiger partial charge in [-0.15, -0.1) is 0 Å². The third kappa shape index (κ3) is 5.77. The van der Waals surface area contributed by atoms with Crippen LogP contribution in [-0.2, 0) is 0 Å². The minimum atomic E-state index is 0.106. The standard InChI is InChI=1S/C48H35N5/c1-3-12-32(13-4-1)33-23-27-37(28-24-33)47-49-42(35-14-5-2-6-15-35)31-43(50-47)39-17-11-16-38(30-39)34-21-25-36(26-22-34)45-40-18-7-8-19-41(40)46-48(52-45)53-29-10-9-20-44(53)51-46/h1,3-5,7-27,29-31,37H,2,6,28H2. The smallest absolute Gasteiger partial charge is 0.165 e. The van der Waals surface area contributed by atoms with Crippen LogP contribution in [0.5, 0.6) is 0 Å². The normalized spacial score (nSPS) is 15.6. The molecule has 0 saturated carbocycles. The molecule has 252 valence electrons. The third-order valence-corrected chi connectivity index (χ3v) is 10.4. The number of rotatable bonds is 6. The van der Waals surface area contributed by atoms with Crippen LogP contribution in [0.15, 0.2) is 170 Å². The van der Waals surface area contributed by atoms with Gasteiger partial charge in [0.25, 0.3) is 0 Å². The van der Waals surface area contributed by atoms with E-state index in [0.29, 0.717) is 0 Å². The molecule has 0 saturated heterocycles. The van der Waals surface area contributed by atoms with Gasteiger partial charge in [0.2, 0.25) is 0 Å². The summed E-state index contributed by atoms with van der Waals surface area (Å²) in [6.45, 7) is 0. The van der Waals surface area contributed by atoms with E-state index in [1.54, 1.807) is 0 Å². The Morgan fingerprint density at radius 2 is 1.30 bits per heavy atom. The summed E-state index contributed by atoms with van der Waals surface area (Å²) in [4.78, 5) is 20.5. The van der Waals surface area contributed by atoms with Crippen molar-refractivity contribution in [1.29, 1.82) is 0 Å². The number of nitrogens with zero attached hydrogens (tertiary/aromatic N) is 5. The second-order valence-corrected chi connectivity index (χ2v) is 13.7. The zero-order chi connectivity index (χ0) is 35.1. The fraction of sp³-hybridized carbons (Fsp3) is 0.0833. The number of pyridine rings is 2. The van der Waals surface area contributed by atoms with Crippen LogP contribution < -0.4 is 0 Å². The van der Waals surface area contributed by atoms with E-state index < -0.39 is 0 Å². The van der Waals surface area contributed by atoms with Crippen LogP contribution in [0.2, 0.25) is 0 Å². The van der Waals surface area contributed by atoms with Crippen LogP contribution in [-0.4, -0.2) is 24.3 Å². The number of aromatic nitrogens is 5. The van der Waals surface area contributed by atoms with Gasteiger partial charge in [0, 0.05) is 34.0 Å². The number of allylic oxidation sites excluding steroid dienone is 8. The predicted molar refractivity (Wildman–Crippen MR) is 217 cm³/mol. The Labute approximate surface area is 308 Å². The summed E-state index contributed by atoms with van der Waals surface area (Å²) in [6, 6.07) is 44.7. The van der Waals surface area contributed by atoms with E-state index in [-0.39, 0.29) is 5.92 Å². The van der Waals surface area contributed by atoms with Crippen molar-refractivity contribution >= 4 is 38.7 Å². The highest BCUT2D eigenvalue weighted by Crippen LogP contribution is 2.36. The fourth-order valence-electron chi connectivity index (χ4n) is 7.62. The summed E-state index contributed by atoms with van der Waals surface area (Å²) >= 11 is 0. The molecule has 0 fully saturated rings. The fourth-order valence-corrected chi connectivity index (χ4v) is 7.62. The van der Waals surface area contributed by atoms with Gasteiger partial charge in [-0.05, 0) is 71.4 Å². The average Bonchev–Trinajstić information content (AvgIpc) is 3.63. The maximum absolute atomic E-state index is 5.22. The summed E-state index contributed by atoms with van der Waals surface area (Å²) in [7, 11) is 0. The van der Waals surface area contributed by atoms with Gasteiger partial charge in [-0.25, -0.2) is 19.9 Å². The van der Waals surface area contributed by atoms with Crippen LogP contribution >= 0.6 is 0 Å². The molecule has 2 aliphatic rings. The molecule has 8 aromatic rings. The molecule has 4 aromatic heterocycles. The summed E-state index contributed by atoms with van der Waals surface area (Å²) < 4.78 is 2.07. The van der Waals surface area contributed by atoms with Gasteiger partial charge in [0.1, 0.15) is 17.0 Å². The second kappa shape index (κ2) is 13.1. The minimum absolute atomic E-state index is 0.106. The maximum atomic E-state index is 5.22. The number of fused-ring (bicyclic) bond motifs is 5. The van der Waals surface area contributed by atoms with Gasteiger partial charge in [0.15, 0.2) is 5.65 Å². The first-order valence-electron chi connectivity index (χ1n) is 18.3. The molecule has 0 amide bonds. The van der Waals surface area contributed by atoms with Crippen LogP contribution in [0.3, 0.4) is 0 Å². The molecule has 0 aliphatic heterocycles. The molecule has 2 aliphatic carbocycles. The Bertz CT molecular complexity index is 2800. The van der Waals surface area contributed by atoms with Crippen LogP contribution in [0.1, 0.15) is 42.3 Å². The molecule has 0 spiro atoms. The lowest BCUT2D eigenvalue weighted by molar-refractivity contribution is 0.772. The Morgan fingerprint density at radius 3 is 2.13 bits per heavy atom. The Morgan fingerprint density at radius 1 is 0.528 bits per heavy atom. The van der Waals surface area contributed by atoms with Gasteiger partial charge < -0.3 is 0 Å². The van der Waals surface area contributed by atoms with E-state index >= 15 is 0 Å². The van der Waals surface area contributed by atoms with Crippen molar-refractivity contribution in [1.82, 2.24) is 24.3 Å². The van der Waals surface area contributed by atoms with E-state index in [1.165, 1.54) is 11.1 Å². The highest BCUT2D eigenvalue weighted by atomic mass is 15.1. The number of benzene rings is 4. The monoisotopic (exact) mass is 681 g/mol. The number of hydrogen-bond donors (Lipinski definition) is 0. The van der Waals surface area contributed by atoms with E-state index in [4.69, 9.17) is 19.9 Å². The van der Waals surface area contributed by atoms with Crippen molar-refractivity contribution in [2.45, 2.75) is 25.2 Å². The lowest BCUT2D eigenvalue weighted by Gasteiger charge is -2.18. The van der Waals surface area contributed by atoms with Crippen LogP contribution in [0, 0.1) is 0 Å².